The third-order valence-electron chi connectivity index (χ3n) is 1.61. The highest BCUT2D eigenvalue weighted by Gasteiger charge is 2.23. The van der Waals surface area contributed by atoms with Crippen molar-refractivity contribution >= 4 is 12.4 Å². The molecule has 1 N–H and O–H groups in total. The summed E-state index contributed by atoms with van der Waals surface area (Å²) in [6.07, 6.45) is 0.408. The Hall–Kier alpha value is -1.85. The van der Waals surface area contributed by atoms with E-state index in [0.29, 0.717) is 17.9 Å². The van der Waals surface area contributed by atoms with Crippen LogP contribution in [0.3, 0.4) is 0 Å². The maximum Gasteiger partial charge on any atom is 0.334 e. The zero-order chi connectivity index (χ0) is 10.6. The van der Waals surface area contributed by atoms with Gasteiger partial charge >= 0.3 is 5.97 Å². The van der Waals surface area contributed by atoms with E-state index < -0.39 is 12.0 Å². The molecular formula is C8H10N2O4. The van der Waals surface area contributed by atoms with Crippen LogP contribution in [0, 0.1) is 6.92 Å². The first-order valence-electron chi connectivity index (χ1n) is 3.89. The maximum atomic E-state index is 11.2. The molecule has 1 atom stereocenters. The summed E-state index contributed by atoms with van der Waals surface area (Å²) in [7, 11) is 1.23. The summed E-state index contributed by atoms with van der Waals surface area (Å²) in [6, 6.07) is 0.646. The summed E-state index contributed by atoms with van der Waals surface area (Å²) in [6.45, 7) is 1.69. The molecule has 0 aliphatic heterocycles. The van der Waals surface area contributed by atoms with Crippen LogP contribution in [-0.4, -0.2) is 24.6 Å². The molecule has 14 heavy (non-hydrogen) atoms. The van der Waals surface area contributed by atoms with Crippen LogP contribution in [0.15, 0.2) is 10.6 Å². The van der Waals surface area contributed by atoms with Gasteiger partial charge in [-0.3, -0.25) is 4.79 Å². The molecule has 0 radical (unpaired) electrons. The molecule has 6 heteroatoms. The fourth-order valence-electron chi connectivity index (χ4n) is 0.982. The summed E-state index contributed by atoms with van der Waals surface area (Å²) >= 11 is 0. The summed E-state index contributed by atoms with van der Waals surface area (Å²) in [5, 5.41) is 5.89. The van der Waals surface area contributed by atoms with Crippen LogP contribution in [0.25, 0.3) is 0 Å². The monoisotopic (exact) mass is 198 g/mol. The number of nitrogens with one attached hydrogen (secondary N) is 1. The Morgan fingerprint density at radius 2 is 2.50 bits per heavy atom. The van der Waals surface area contributed by atoms with E-state index in [9.17, 15) is 9.59 Å². The number of carbonyl (C=O) groups is 2. The van der Waals surface area contributed by atoms with Gasteiger partial charge in [-0.1, -0.05) is 5.16 Å². The van der Waals surface area contributed by atoms with Crippen molar-refractivity contribution < 1.29 is 18.8 Å². The molecule has 0 saturated carbocycles. The number of hydrogen-bond donors (Lipinski definition) is 1. The minimum Gasteiger partial charge on any atom is -0.467 e. The third-order valence-corrected chi connectivity index (χ3v) is 1.61. The normalized spacial score (nSPS) is 11.9. The van der Waals surface area contributed by atoms with Crippen LogP contribution in [0.1, 0.15) is 17.5 Å². The van der Waals surface area contributed by atoms with Crippen molar-refractivity contribution in [1.82, 2.24) is 10.5 Å². The molecule has 0 spiro atoms. The zero-order valence-electron chi connectivity index (χ0n) is 7.81. The molecule has 1 rings (SSSR count). The lowest BCUT2D eigenvalue weighted by molar-refractivity contribution is -0.144. The van der Waals surface area contributed by atoms with Gasteiger partial charge in [0, 0.05) is 6.07 Å². The van der Waals surface area contributed by atoms with E-state index in [-0.39, 0.29) is 0 Å². The average molecular weight is 198 g/mol. The van der Waals surface area contributed by atoms with Crippen LogP contribution in [0.5, 0.6) is 0 Å². The second-order valence-electron chi connectivity index (χ2n) is 2.60. The predicted octanol–water partition coefficient (Wildman–Crippen LogP) is -0.0569. The topological polar surface area (TPSA) is 81.4 Å². The Morgan fingerprint density at radius 3 is 2.93 bits per heavy atom. The van der Waals surface area contributed by atoms with Crippen molar-refractivity contribution in [3.63, 3.8) is 0 Å². The molecule has 1 unspecified atom stereocenters. The summed E-state index contributed by atoms with van der Waals surface area (Å²) in [4.78, 5) is 21.4. The predicted molar refractivity (Wildman–Crippen MR) is 45.2 cm³/mol. The Balaban J connectivity index is 2.87. The van der Waals surface area contributed by atoms with Crippen molar-refractivity contribution in [2.24, 2.45) is 0 Å². The van der Waals surface area contributed by atoms with Crippen molar-refractivity contribution in [2.75, 3.05) is 7.11 Å². The van der Waals surface area contributed by atoms with Crippen molar-refractivity contribution in [3.05, 3.63) is 17.5 Å². The van der Waals surface area contributed by atoms with E-state index in [2.05, 4.69) is 15.2 Å². The molecule has 1 amide bonds. The average Bonchev–Trinajstić information content (AvgIpc) is 2.60. The minimum absolute atomic E-state index is 0.321. The van der Waals surface area contributed by atoms with Gasteiger partial charge in [-0.25, -0.2) is 4.79 Å². The number of rotatable bonds is 4. The Kier molecular flexibility index (Phi) is 3.22. The van der Waals surface area contributed by atoms with Gasteiger partial charge in [-0.05, 0) is 6.92 Å². The number of aryl methyl sites for hydroxylation is 1. The first-order valence-corrected chi connectivity index (χ1v) is 3.89. The number of aromatic nitrogens is 1. The van der Waals surface area contributed by atoms with Gasteiger partial charge in [-0.2, -0.15) is 0 Å². The number of carbonyl (C=O) groups excluding carboxylic acids is 2. The van der Waals surface area contributed by atoms with E-state index in [4.69, 9.17) is 4.52 Å². The lowest BCUT2D eigenvalue weighted by Gasteiger charge is -2.09. The number of ether oxygens (including phenoxy) is 1. The highest BCUT2D eigenvalue weighted by atomic mass is 16.5. The molecule has 1 heterocycles. The SMILES string of the molecule is COC(=O)C(NC=O)c1cc(C)on1. The quantitative estimate of drug-likeness (QED) is 0.541. The molecule has 6 nitrogen and oxygen atoms in total. The van der Waals surface area contributed by atoms with Crippen LogP contribution in [0.4, 0.5) is 0 Å². The second kappa shape index (κ2) is 4.40. The summed E-state index contributed by atoms with van der Waals surface area (Å²) in [5.74, 6) is -0.0352. The van der Waals surface area contributed by atoms with E-state index in [1.165, 1.54) is 7.11 Å². The van der Waals surface area contributed by atoms with Gasteiger partial charge in [0.1, 0.15) is 11.5 Å². The molecule has 1 aromatic heterocycles. The van der Waals surface area contributed by atoms with Crippen LogP contribution in [-0.2, 0) is 14.3 Å². The third kappa shape index (κ3) is 2.09. The van der Waals surface area contributed by atoms with Crippen LogP contribution < -0.4 is 5.32 Å². The summed E-state index contributed by atoms with van der Waals surface area (Å²) in [5.41, 5.74) is 0.321. The van der Waals surface area contributed by atoms with Crippen molar-refractivity contribution in [1.29, 1.82) is 0 Å². The Labute approximate surface area is 80.2 Å². The number of hydrogen-bond acceptors (Lipinski definition) is 5. The Morgan fingerprint density at radius 1 is 1.79 bits per heavy atom. The van der Waals surface area contributed by atoms with Gasteiger partial charge in [0.15, 0.2) is 6.04 Å². The van der Waals surface area contributed by atoms with Crippen LogP contribution in [0.2, 0.25) is 0 Å². The van der Waals surface area contributed by atoms with Crippen LogP contribution >= 0.6 is 0 Å². The smallest absolute Gasteiger partial charge is 0.334 e. The van der Waals surface area contributed by atoms with Crippen molar-refractivity contribution in [2.45, 2.75) is 13.0 Å². The van der Waals surface area contributed by atoms with Gasteiger partial charge in [0.25, 0.3) is 0 Å². The number of esters is 1. The molecule has 0 bridgehead atoms. The minimum atomic E-state index is -0.907. The molecule has 1 aromatic rings. The van der Waals surface area contributed by atoms with Gasteiger partial charge in [0.05, 0.1) is 7.11 Å². The number of amides is 1. The molecule has 0 aliphatic carbocycles. The van der Waals surface area contributed by atoms with Gasteiger partial charge in [0.2, 0.25) is 6.41 Å². The van der Waals surface area contributed by atoms with E-state index in [1.807, 2.05) is 0 Å². The second-order valence-corrected chi connectivity index (χ2v) is 2.60. The van der Waals surface area contributed by atoms with E-state index >= 15 is 0 Å². The van der Waals surface area contributed by atoms with Gasteiger partial charge < -0.3 is 14.6 Å². The molecule has 0 aliphatic rings. The molecule has 0 fully saturated rings. The van der Waals surface area contributed by atoms with E-state index in [1.54, 1.807) is 13.0 Å². The summed E-state index contributed by atoms with van der Waals surface area (Å²) < 4.78 is 9.26. The molecule has 0 aromatic carbocycles. The largest absolute Gasteiger partial charge is 0.467 e. The van der Waals surface area contributed by atoms with E-state index in [0.717, 1.165) is 0 Å². The highest BCUT2D eigenvalue weighted by molar-refractivity contribution is 5.79. The fraction of sp³-hybridized carbons (Fsp3) is 0.375. The zero-order valence-corrected chi connectivity index (χ0v) is 7.81. The maximum absolute atomic E-state index is 11.2. The first-order chi connectivity index (χ1) is 6.69. The standard InChI is InChI=1S/C8H10N2O4/c1-5-3-6(10-14-5)7(9-4-11)8(12)13-2/h3-4,7H,1-2H3,(H,9,11). The molecule has 0 saturated heterocycles. The fourth-order valence-corrected chi connectivity index (χ4v) is 0.982. The molecule has 76 valence electrons. The lowest BCUT2D eigenvalue weighted by Crippen LogP contribution is -2.28. The van der Waals surface area contributed by atoms with Crippen molar-refractivity contribution in [3.8, 4) is 0 Å². The number of nitrogens with zero attached hydrogens (tertiary/aromatic N) is 1. The number of methoxy groups -OCH3 is 1. The highest BCUT2D eigenvalue weighted by Crippen LogP contribution is 2.13. The first kappa shape index (κ1) is 10.2. The van der Waals surface area contributed by atoms with Gasteiger partial charge in [-0.15, -0.1) is 0 Å². The Bertz CT molecular complexity index is 334. The lowest BCUT2D eigenvalue weighted by atomic mass is 10.2. The molecular weight excluding hydrogens is 188 g/mol.